The average Bonchev–Trinajstić information content (AvgIpc) is 2.61. The van der Waals surface area contributed by atoms with E-state index < -0.39 is 29.4 Å². The molecular formula is C13H19N3O5. The first-order valence-electron chi connectivity index (χ1n) is 6.87. The van der Waals surface area contributed by atoms with E-state index in [0.717, 1.165) is 0 Å². The van der Waals surface area contributed by atoms with Gasteiger partial charge in [-0.2, -0.15) is 0 Å². The van der Waals surface area contributed by atoms with Crippen molar-refractivity contribution in [1.29, 1.82) is 0 Å². The molecular weight excluding hydrogens is 278 g/mol. The number of likely N-dealkylation sites (tertiary alicyclic amines) is 1. The molecule has 8 heteroatoms. The van der Waals surface area contributed by atoms with Gasteiger partial charge in [0.25, 0.3) is 5.91 Å². The largest absolute Gasteiger partial charge is 0.481 e. The van der Waals surface area contributed by atoms with Crippen LogP contribution in [0.15, 0.2) is 0 Å². The number of carboxylic acid groups (broad SMARTS) is 1. The summed E-state index contributed by atoms with van der Waals surface area (Å²) >= 11 is 0. The highest BCUT2D eigenvalue weighted by Crippen LogP contribution is 2.22. The minimum Gasteiger partial charge on any atom is -0.481 e. The lowest BCUT2D eigenvalue weighted by Gasteiger charge is -2.34. The molecule has 2 N–H and O–H groups in total. The topological polar surface area (TPSA) is 107 Å². The Balaban J connectivity index is 2.03. The molecule has 0 unspecified atom stereocenters. The van der Waals surface area contributed by atoms with Gasteiger partial charge in [0, 0.05) is 13.1 Å². The molecule has 2 saturated heterocycles. The van der Waals surface area contributed by atoms with Crippen molar-refractivity contribution in [2.45, 2.75) is 32.2 Å². The fraction of sp³-hybridized carbons (Fsp3) is 0.692. The van der Waals surface area contributed by atoms with Crippen molar-refractivity contribution >= 4 is 23.8 Å². The lowest BCUT2D eigenvalue weighted by atomic mass is 9.98. The first kappa shape index (κ1) is 15.3. The Hall–Kier alpha value is -2.12. The number of imide groups is 1. The summed E-state index contributed by atoms with van der Waals surface area (Å²) in [6.07, 6.45) is 1.17. The van der Waals surface area contributed by atoms with Crippen LogP contribution >= 0.6 is 0 Å². The Morgan fingerprint density at radius 2 is 2.05 bits per heavy atom. The van der Waals surface area contributed by atoms with E-state index in [1.54, 1.807) is 13.8 Å². The molecule has 21 heavy (non-hydrogen) atoms. The molecule has 0 spiro atoms. The monoisotopic (exact) mass is 297 g/mol. The third-order valence-electron chi connectivity index (χ3n) is 4.11. The molecule has 0 aromatic heterocycles. The second kappa shape index (κ2) is 5.34. The maximum atomic E-state index is 12.3. The van der Waals surface area contributed by atoms with Gasteiger partial charge < -0.3 is 14.9 Å². The van der Waals surface area contributed by atoms with E-state index >= 15 is 0 Å². The summed E-state index contributed by atoms with van der Waals surface area (Å²) in [7, 11) is 0. The van der Waals surface area contributed by atoms with Gasteiger partial charge in [0.05, 0.1) is 5.92 Å². The van der Waals surface area contributed by atoms with Gasteiger partial charge in [-0.25, -0.2) is 4.79 Å². The smallest absolute Gasteiger partial charge is 0.325 e. The van der Waals surface area contributed by atoms with Crippen molar-refractivity contribution in [2.75, 3.05) is 19.6 Å². The van der Waals surface area contributed by atoms with Gasteiger partial charge in [0.1, 0.15) is 12.1 Å². The van der Waals surface area contributed by atoms with E-state index in [1.165, 1.54) is 9.80 Å². The van der Waals surface area contributed by atoms with Gasteiger partial charge in [0.2, 0.25) is 5.91 Å². The van der Waals surface area contributed by atoms with Crippen LogP contribution in [0.2, 0.25) is 0 Å². The molecule has 116 valence electrons. The molecule has 0 saturated carbocycles. The third-order valence-corrected chi connectivity index (χ3v) is 4.11. The van der Waals surface area contributed by atoms with E-state index in [0.29, 0.717) is 19.4 Å². The third kappa shape index (κ3) is 2.84. The molecule has 2 fully saturated rings. The number of hydrogen-bond acceptors (Lipinski definition) is 4. The normalized spacial score (nSPS) is 25.0. The Kier molecular flexibility index (Phi) is 3.89. The molecule has 8 nitrogen and oxygen atoms in total. The zero-order valence-corrected chi connectivity index (χ0v) is 12.1. The standard InChI is InChI=1S/C13H19N3O5/c1-13(2)11(20)14-12(21)16(13)7-9(17)15-5-3-4-8(6-15)10(18)19/h8H,3-7H2,1-2H3,(H,18,19)(H,14,20,21)/t8-/m1/s1. The van der Waals surface area contributed by atoms with Crippen molar-refractivity contribution in [3.8, 4) is 0 Å². The second-order valence-electron chi connectivity index (χ2n) is 5.92. The number of carbonyl (C=O) groups is 4. The van der Waals surface area contributed by atoms with Gasteiger partial charge in [-0.3, -0.25) is 19.7 Å². The molecule has 2 heterocycles. The minimum absolute atomic E-state index is 0.151. The molecule has 0 bridgehead atoms. The van der Waals surface area contributed by atoms with Gasteiger partial charge >= 0.3 is 12.0 Å². The Labute approximate surface area is 122 Å². The van der Waals surface area contributed by atoms with Gasteiger partial charge in [0.15, 0.2) is 0 Å². The molecule has 0 aromatic carbocycles. The SMILES string of the molecule is CC1(C)C(=O)NC(=O)N1CC(=O)N1CCC[C@@H](C(=O)O)C1. The average molecular weight is 297 g/mol. The van der Waals surface area contributed by atoms with E-state index in [1.807, 2.05) is 0 Å². The van der Waals surface area contributed by atoms with Crippen molar-refractivity contribution in [2.24, 2.45) is 5.92 Å². The number of urea groups is 1. The van der Waals surface area contributed by atoms with E-state index in [9.17, 15) is 19.2 Å². The molecule has 2 rings (SSSR count). The van der Waals surface area contributed by atoms with Crippen LogP contribution in [0.5, 0.6) is 0 Å². The van der Waals surface area contributed by atoms with Crippen LogP contribution in [0.3, 0.4) is 0 Å². The van der Waals surface area contributed by atoms with Crippen LogP contribution in [-0.2, 0) is 14.4 Å². The highest BCUT2D eigenvalue weighted by atomic mass is 16.4. The summed E-state index contributed by atoms with van der Waals surface area (Å²) in [6.45, 7) is 3.54. The minimum atomic E-state index is -1.07. The number of carboxylic acids is 1. The Morgan fingerprint density at radius 1 is 1.38 bits per heavy atom. The number of piperidine rings is 1. The van der Waals surface area contributed by atoms with E-state index in [2.05, 4.69) is 5.32 Å². The molecule has 4 amide bonds. The summed E-state index contributed by atoms with van der Waals surface area (Å²) in [6, 6.07) is -0.592. The highest BCUT2D eigenvalue weighted by molar-refractivity contribution is 6.07. The van der Waals surface area contributed by atoms with Gasteiger partial charge in [-0.1, -0.05) is 0 Å². The lowest BCUT2D eigenvalue weighted by molar-refractivity contribution is -0.146. The fourth-order valence-corrected chi connectivity index (χ4v) is 2.60. The van der Waals surface area contributed by atoms with Crippen molar-refractivity contribution in [3.05, 3.63) is 0 Å². The van der Waals surface area contributed by atoms with E-state index in [4.69, 9.17) is 5.11 Å². The zero-order valence-electron chi connectivity index (χ0n) is 12.1. The fourth-order valence-electron chi connectivity index (χ4n) is 2.60. The molecule has 0 aliphatic carbocycles. The quantitative estimate of drug-likeness (QED) is 0.692. The molecule has 2 aliphatic heterocycles. The van der Waals surface area contributed by atoms with Crippen LogP contribution in [0.4, 0.5) is 4.79 Å². The summed E-state index contributed by atoms with van der Waals surface area (Å²) in [4.78, 5) is 49.3. The van der Waals surface area contributed by atoms with Crippen molar-refractivity contribution < 1.29 is 24.3 Å². The number of aliphatic carboxylic acids is 1. The highest BCUT2D eigenvalue weighted by Gasteiger charge is 2.46. The first-order chi connectivity index (χ1) is 9.73. The summed E-state index contributed by atoms with van der Waals surface area (Å²) in [5.41, 5.74) is -1.07. The number of nitrogens with one attached hydrogen (secondary N) is 1. The number of hydrogen-bond donors (Lipinski definition) is 2. The van der Waals surface area contributed by atoms with Crippen LogP contribution in [0.25, 0.3) is 0 Å². The molecule has 0 radical (unpaired) electrons. The Bertz CT molecular complexity index is 502. The lowest BCUT2D eigenvalue weighted by Crippen LogP contribution is -2.51. The van der Waals surface area contributed by atoms with Crippen LogP contribution in [-0.4, -0.2) is 63.9 Å². The number of nitrogens with zero attached hydrogens (tertiary/aromatic N) is 2. The van der Waals surface area contributed by atoms with Gasteiger partial charge in [-0.05, 0) is 26.7 Å². The maximum Gasteiger partial charge on any atom is 0.325 e. The van der Waals surface area contributed by atoms with Crippen LogP contribution in [0.1, 0.15) is 26.7 Å². The predicted molar refractivity (Wildman–Crippen MR) is 71.3 cm³/mol. The Morgan fingerprint density at radius 3 is 2.57 bits per heavy atom. The number of amides is 4. The number of rotatable bonds is 3. The summed E-state index contributed by atoms with van der Waals surface area (Å²) < 4.78 is 0. The number of carbonyl (C=O) groups excluding carboxylic acids is 3. The van der Waals surface area contributed by atoms with Crippen LogP contribution in [0, 0.1) is 5.92 Å². The summed E-state index contributed by atoms with van der Waals surface area (Å²) in [5, 5.41) is 11.2. The zero-order chi connectivity index (χ0) is 15.8. The molecule has 0 aromatic rings. The van der Waals surface area contributed by atoms with Crippen LogP contribution < -0.4 is 5.32 Å². The van der Waals surface area contributed by atoms with E-state index in [-0.39, 0.29) is 19.0 Å². The second-order valence-corrected chi connectivity index (χ2v) is 5.92. The predicted octanol–water partition coefficient (Wildman–Crippen LogP) is -0.360. The van der Waals surface area contributed by atoms with Crippen molar-refractivity contribution in [3.63, 3.8) is 0 Å². The molecule has 1 atom stereocenters. The molecule has 2 aliphatic rings. The maximum absolute atomic E-state index is 12.3. The first-order valence-corrected chi connectivity index (χ1v) is 6.87. The summed E-state index contributed by atoms with van der Waals surface area (Å²) in [5.74, 6) is -2.26. The van der Waals surface area contributed by atoms with Crippen molar-refractivity contribution in [1.82, 2.24) is 15.1 Å². The van der Waals surface area contributed by atoms with Gasteiger partial charge in [-0.15, -0.1) is 0 Å².